The summed E-state index contributed by atoms with van der Waals surface area (Å²) in [7, 11) is 0. The Labute approximate surface area is 191 Å². The highest BCUT2D eigenvalue weighted by Crippen LogP contribution is 2.46. The largest absolute Gasteiger partial charge is 0.492 e. The molecule has 0 atom stereocenters. The van der Waals surface area contributed by atoms with Crippen molar-refractivity contribution in [2.24, 2.45) is 5.41 Å². The van der Waals surface area contributed by atoms with Crippen LogP contribution < -0.4 is 4.74 Å². The maximum absolute atomic E-state index is 12.6. The van der Waals surface area contributed by atoms with Gasteiger partial charge in [-0.2, -0.15) is 26.3 Å². The molecule has 1 amide bonds. The second kappa shape index (κ2) is 9.51. The van der Waals surface area contributed by atoms with Crippen LogP contribution in [-0.2, 0) is 16.1 Å². The van der Waals surface area contributed by atoms with Crippen LogP contribution in [0.5, 0.6) is 5.75 Å². The van der Waals surface area contributed by atoms with Crippen LogP contribution in [0.1, 0.15) is 24.0 Å². The molecule has 3 rings (SSSR count). The molecule has 1 aromatic carbocycles. The third kappa shape index (κ3) is 6.24. The minimum Gasteiger partial charge on any atom is -0.492 e. The number of ether oxygens (including phenoxy) is 2. The Bertz CT molecular complexity index is 894. The number of aryl methyl sites for hydroxylation is 1. The van der Waals surface area contributed by atoms with E-state index in [9.17, 15) is 41.0 Å². The first-order valence-corrected chi connectivity index (χ1v) is 10.5. The Kier molecular flexibility index (Phi) is 7.25. The molecule has 1 N–H and O–H groups in total. The number of benzene rings is 1. The van der Waals surface area contributed by atoms with E-state index in [1.165, 1.54) is 0 Å². The highest BCUT2D eigenvalue weighted by Gasteiger charge is 2.60. The van der Waals surface area contributed by atoms with Crippen molar-refractivity contribution in [1.29, 1.82) is 0 Å². The number of carbonyl (C=O) groups is 2. The van der Waals surface area contributed by atoms with E-state index < -0.39 is 35.9 Å². The van der Waals surface area contributed by atoms with Crippen LogP contribution in [0, 0.1) is 12.3 Å². The van der Waals surface area contributed by atoms with Gasteiger partial charge in [-0.05, 0) is 31.4 Å². The fourth-order valence-corrected chi connectivity index (χ4v) is 3.54. The molecule has 13 heteroatoms. The molecule has 0 radical (unpaired) electrons. The molecular formula is C21H24F6N2O5. The summed E-state index contributed by atoms with van der Waals surface area (Å²) in [6.45, 7) is 2.34. The van der Waals surface area contributed by atoms with Crippen LogP contribution in [-0.4, -0.2) is 78.2 Å². The van der Waals surface area contributed by atoms with E-state index >= 15 is 0 Å². The molecule has 1 heterocycles. The minimum atomic E-state index is -5.77. The van der Waals surface area contributed by atoms with Gasteiger partial charge < -0.3 is 19.5 Å². The Balaban J connectivity index is 1.57. The van der Waals surface area contributed by atoms with Crippen LogP contribution in [0.15, 0.2) is 18.2 Å². The second-order valence-corrected chi connectivity index (χ2v) is 8.60. The molecular weight excluding hydrogens is 474 g/mol. The van der Waals surface area contributed by atoms with Gasteiger partial charge in [-0.25, -0.2) is 4.79 Å². The molecule has 1 saturated carbocycles. The maximum atomic E-state index is 12.6. The number of amides is 1. The van der Waals surface area contributed by atoms with Gasteiger partial charge in [0, 0.05) is 38.3 Å². The molecule has 0 bridgehead atoms. The van der Waals surface area contributed by atoms with Crippen molar-refractivity contribution in [2.75, 3.05) is 32.8 Å². The molecule has 1 aliphatic carbocycles. The molecule has 34 heavy (non-hydrogen) atoms. The fourth-order valence-electron chi connectivity index (χ4n) is 3.54. The number of halogens is 6. The number of carboxylic acids is 1. The Hall–Kier alpha value is -2.70. The number of aliphatic carboxylic acids is 1. The predicted molar refractivity (Wildman–Crippen MR) is 105 cm³/mol. The van der Waals surface area contributed by atoms with E-state index in [2.05, 4.69) is 4.74 Å². The first kappa shape index (κ1) is 25.9. The highest BCUT2D eigenvalue weighted by molar-refractivity contribution is 5.78. The quantitative estimate of drug-likeness (QED) is 0.573. The van der Waals surface area contributed by atoms with Crippen molar-refractivity contribution in [3.8, 4) is 5.75 Å². The van der Waals surface area contributed by atoms with Crippen LogP contribution in [0.3, 0.4) is 0 Å². The molecule has 0 aromatic heterocycles. The summed E-state index contributed by atoms with van der Waals surface area (Å²) in [5.74, 6) is -0.407. The van der Waals surface area contributed by atoms with Crippen LogP contribution in [0.4, 0.5) is 31.1 Å². The molecule has 2 fully saturated rings. The molecule has 1 saturated heterocycles. The number of carboxylic acid groups (broad SMARTS) is 1. The lowest BCUT2D eigenvalue weighted by Gasteiger charge is -2.35. The van der Waals surface area contributed by atoms with Gasteiger partial charge in [0.15, 0.2) is 0 Å². The molecule has 7 nitrogen and oxygen atoms in total. The Morgan fingerprint density at radius 1 is 1.06 bits per heavy atom. The van der Waals surface area contributed by atoms with Crippen molar-refractivity contribution in [3.63, 3.8) is 0 Å². The minimum absolute atomic E-state index is 0.0258. The van der Waals surface area contributed by atoms with Gasteiger partial charge in [0.05, 0.1) is 0 Å². The topological polar surface area (TPSA) is 79.3 Å². The number of piperazine rings is 1. The lowest BCUT2D eigenvalue weighted by molar-refractivity contribution is -0.308. The summed E-state index contributed by atoms with van der Waals surface area (Å²) in [4.78, 5) is 26.0. The van der Waals surface area contributed by atoms with Crippen LogP contribution in [0.25, 0.3) is 0 Å². The second-order valence-electron chi connectivity index (χ2n) is 8.60. The SMILES string of the molecule is Cc1ccc(CN2CCN(C(=O)OC(C(F)(F)F)C(F)(F)F)CC2)c(OCC2(C(=O)O)CC2)c1. The number of rotatable bonds is 7. The average molecular weight is 498 g/mol. The number of hydrogen-bond donors (Lipinski definition) is 1. The predicted octanol–water partition coefficient (Wildman–Crippen LogP) is 3.99. The Morgan fingerprint density at radius 2 is 1.65 bits per heavy atom. The van der Waals surface area contributed by atoms with Crippen molar-refractivity contribution in [3.05, 3.63) is 29.3 Å². The molecule has 0 spiro atoms. The molecule has 1 aromatic rings. The zero-order valence-corrected chi connectivity index (χ0v) is 18.2. The zero-order valence-electron chi connectivity index (χ0n) is 18.2. The third-order valence-corrected chi connectivity index (χ3v) is 5.87. The van der Waals surface area contributed by atoms with Crippen molar-refractivity contribution in [2.45, 2.75) is 44.8 Å². The van der Waals surface area contributed by atoms with Gasteiger partial charge in [0.2, 0.25) is 0 Å². The summed E-state index contributed by atoms with van der Waals surface area (Å²) in [6, 6.07) is 5.42. The van der Waals surface area contributed by atoms with Crippen LogP contribution >= 0.6 is 0 Å². The highest BCUT2D eigenvalue weighted by atomic mass is 19.4. The maximum Gasteiger partial charge on any atom is 0.434 e. The van der Waals surface area contributed by atoms with Crippen molar-refractivity contribution >= 4 is 12.1 Å². The van der Waals surface area contributed by atoms with E-state index in [0.29, 0.717) is 25.1 Å². The zero-order chi connectivity index (χ0) is 25.3. The van der Waals surface area contributed by atoms with E-state index in [1.54, 1.807) is 6.07 Å². The number of alkyl halides is 6. The van der Waals surface area contributed by atoms with Gasteiger partial charge in [0.1, 0.15) is 17.8 Å². The lowest BCUT2D eigenvalue weighted by Crippen LogP contribution is -2.52. The average Bonchev–Trinajstić information content (AvgIpc) is 3.52. The van der Waals surface area contributed by atoms with Gasteiger partial charge >= 0.3 is 24.4 Å². The molecule has 190 valence electrons. The number of nitrogens with zero attached hydrogens (tertiary/aromatic N) is 2. The summed E-state index contributed by atoms with van der Waals surface area (Å²) < 4.78 is 85.3. The van der Waals surface area contributed by atoms with E-state index in [1.807, 2.05) is 24.0 Å². The standard InChI is InChI=1S/C21H24F6N2O5/c1-13-2-3-14(15(10-13)33-12-19(4-5-19)17(30)31)11-28-6-8-29(9-7-28)18(32)34-16(20(22,23)24)21(25,26)27/h2-3,10,16H,4-9,11-12H2,1H3,(H,30,31). The fraction of sp³-hybridized carbons (Fsp3) is 0.619. The normalized spacial score (nSPS) is 18.6. The summed E-state index contributed by atoms with van der Waals surface area (Å²) in [6.07, 6.45) is -16.3. The van der Waals surface area contributed by atoms with Gasteiger partial charge in [-0.1, -0.05) is 12.1 Å². The first-order valence-electron chi connectivity index (χ1n) is 10.5. The Morgan fingerprint density at radius 3 is 2.15 bits per heavy atom. The monoisotopic (exact) mass is 498 g/mol. The van der Waals surface area contributed by atoms with Crippen molar-refractivity contribution in [1.82, 2.24) is 9.80 Å². The van der Waals surface area contributed by atoms with Gasteiger partial charge in [-0.3, -0.25) is 9.69 Å². The van der Waals surface area contributed by atoms with Crippen molar-refractivity contribution < 1.29 is 50.5 Å². The third-order valence-electron chi connectivity index (χ3n) is 5.87. The van der Waals surface area contributed by atoms with E-state index in [4.69, 9.17) is 4.74 Å². The summed E-state index contributed by atoms with van der Waals surface area (Å²) >= 11 is 0. The first-order chi connectivity index (χ1) is 15.7. The summed E-state index contributed by atoms with van der Waals surface area (Å²) in [5, 5.41) is 9.32. The number of carbonyl (C=O) groups excluding carboxylic acids is 1. The lowest BCUT2D eigenvalue weighted by atomic mass is 10.1. The molecule has 1 aliphatic heterocycles. The van der Waals surface area contributed by atoms with Gasteiger partial charge in [-0.15, -0.1) is 0 Å². The van der Waals surface area contributed by atoms with E-state index in [0.717, 1.165) is 16.0 Å². The summed E-state index contributed by atoms with van der Waals surface area (Å²) in [5.41, 5.74) is 0.768. The molecule has 0 unspecified atom stereocenters. The number of hydrogen-bond acceptors (Lipinski definition) is 5. The van der Waals surface area contributed by atoms with Gasteiger partial charge in [0.25, 0.3) is 6.10 Å². The van der Waals surface area contributed by atoms with Crippen LogP contribution in [0.2, 0.25) is 0 Å². The molecule has 2 aliphatic rings. The smallest absolute Gasteiger partial charge is 0.434 e. The van der Waals surface area contributed by atoms with E-state index in [-0.39, 0.29) is 32.8 Å².